The number of nitrogens with two attached hydrogens (primary N) is 1. The van der Waals surface area contributed by atoms with Crippen molar-refractivity contribution in [3.05, 3.63) is 58.1 Å². The molecule has 2 aromatic carbocycles. The van der Waals surface area contributed by atoms with Gasteiger partial charge in [-0.05, 0) is 64.8 Å². The molecular weight excluding hydrogens is 308 g/mol. The van der Waals surface area contributed by atoms with Crippen molar-refractivity contribution >= 4 is 44.5 Å². The van der Waals surface area contributed by atoms with Crippen LogP contribution in [-0.4, -0.2) is 4.99 Å². The van der Waals surface area contributed by atoms with E-state index in [1.165, 1.54) is 5.56 Å². The molecule has 0 unspecified atom stereocenters. The highest BCUT2D eigenvalue weighted by Crippen LogP contribution is 2.26. The van der Waals surface area contributed by atoms with E-state index in [2.05, 4.69) is 40.3 Å². The second-order valence-corrected chi connectivity index (χ2v) is 5.34. The first-order chi connectivity index (χ1) is 8.56. The van der Waals surface area contributed by atoms with Crippen LogP contribution < -0.4 is 11.1 Å². The van der Waals surface area contributed by atoms with Gasteiger partial charge in [-0.15, -0.1) is 0 Å². The molecule has 0 bridgehead atoms. The number of thiocarbonyl (C=S) groups is 1. The molecule has 2 rings (SSSR count). The highest BCUT2D eigenvalue weighted by Gasteiger charge is 2.01. The number of aryl methyl sites for hydroxylation is 1. The van der Waals surface area contributed by atoms with Gasteiger partial charge in [-0.2, -0.15) is 0 Å². The molecule has 0 atom stereocenters. The Morgan fingerprint density at radius 3 is 2.39 bits per heavy atom. The van der Waals surface area contributed by atoms with Gasteiger partial charge in [-0.3, -0.25) is 0 Å². The van der Waals surface area contributed by atoms with E-state index in [0.717, 1.165) is 21.4 Å². The summed E-state index contributed by atoms with van der Waals surface area (Å²) < 4.78 is 1.04. The second kappa shape index (κ2) is 5.50. The van der Waals surface area contributed by atoms with Gasteiger partial charge < -0.3 is 11.1 Å². The summed E-state index contributed by atoms with van der Waals surface area (Å²) in [5.74, 6) is 0. The predicted octanol–water partition coefficient (Wildman–Crippen LogP) is 4.14. The molecule has 0 radical (unpaired) electrons. The standard InChI is InChI=1S/C14H13BrN2S/c1-9-2-7-13(12(15)8-9)17-11-5-3-10(4-6-11)14(16)18/h2-8,17H,1H3,(H2,16,18). The second-order valence-electron chi connectivity index (χ2n) is 4.05. The first kappa shape index (κ1) is 13.1. The number of anilines is 2. The van der Waals surface area contributed by atoms with Crippen molar-refractivity contribution in [1.29, 1.82) is 0 Å². The summed E-state index contributed by atoms with van der Waals surface area (Å²) in [5.41, 5.74) is 9.68. The van der Waals surface area contributed by atoms with Crippen molar-refractivity contribution < 1.29 is 0 Å². The maximum absolute atomic E-state index is 5.56. The lowest BCUT2D eigenvalue weighted by atomic mass is 10.2. The molecule has 0 saturated carbocycles. The fourth-order valence-corrected chi connectivity index (χ4v) is 2.32. The molecule has 2 nitrogen and oxygen atoms in total. The highest BCUT2D eigenvalue weighted by atomic mass is 79.9. The zero-order valence-electron chi connectivity index (χ0n) is 9.91. The van der Waals surface area contributed by atoms with Crippen molar-refractivity contribution in [3.63, 3.8) is 0 Å². The van der Waals surface area contributed by atoms with Crippen LogP contribution in [0.4, 0.5) is 11.4 Å². The van der Waals surface area contributed by atoms with E-state index in [9.17, 15) is 0 Å². The maximum Gasteiger partial charge on any atom is 0.103 e. The smallest absolute Gasteiger partial charge is 0.103 e. The van der Waals surface area contributed by atoms with E-state index >= 15 is 0 Å². The number of rotatable bonds is 3. The van der Waals surface area contributed by atoms with Gasteiger partial charge >= 0.3 is 0 Å². The zero-order chi connectivity index (χ0) is 13.1. The molecule has 0 spiro atoms. The molecule has 0 aliphatic heterocycles. The molecule has 0 aliphatic rings. The SMILES string of the molecule is Cc1ccc(Nc2ccc(C(N)=S)cc2)c(Br)c1. The van der Waals surface area contributed by atoms with Gasteiger partial charge in [0.15, 0.2) is 0 Å². The van der Waals surface area contributed by atoms with Crippen molar-refractivity contribution in [2.75, 3.05) is 5.32 Å². The fourth-order valence-electron chi connectivity index (χ4n) is 1.59. The van der Waals surface area contributed by atoms with Crippen LogP contribution in [0, 0.1) is 6.92 Å². The van der Waals surface area contributed by atoms with Crippen LogP contribution in [0.25, 0.3) is 0 Å². The van der Waals surface area contributed by atoms with Gasteiger partial charge in [0.1, 0.15) is 4.99 Å². The van der Waals surface area contributed by atoms with Crippen LogP contribution in [0.2, 0.25) is 0 Å². The van der Waals surface area contributed by atoms with E-state index in [1.807, 2.05) is 30.3 Å². The van der Waals surface area contributed by atoms with Gasteiger partial charge in [-0.1, -0.05) is 18.3 Å². The predicted molar refractivity (Wildman–Crippen MR) is 84.5 cm³/mol. The van der Waals surface area contributed by atoms with Crippen molar-refractivity contribution in [3.8, 4) is 0 Å². The van der Waals surface area contributed by atoms with Crippen LogP contribution in [-0.2, 0) is 0 Å². The Morgan fingerprint density at radius 1 is 1.17 bits per heavy atom. The first-order valence-corrected chi connectivity index (χ1v) is 6.69. The van der Waals surface area contributed by atoms with E-state index in [4.69, 9.17) is 18.0 Å². The lowest BCUT2D eigenvalue weighted by molar-refractivity contribution is 1.43. The average molecular weight is 321 g/mol. The third-order valence-electron chi connectivity index (χ3n) is 2.57. The molecule has 0 amide bonds. The van der Waals surface area contributed by atoms with E-state index in [-0.39, 0.29) is 0 Å². The highest BCUT2D eigenvalue weighted by molar-refractivity contribution is 9.10. The number of benzene rings is 2. The zero-order valence-corrected chi connectivity index (χ0v) is 12.3. The maximum atomic E-state index is 5.56. The molecule has 4 heteroatoms. The molecule has 0 aliphatic carbocycles. The Labute approximate surface area is 120 Å². The van der Waals surface area contributed by atoms with Crippen LogP contribution in [0.1, 0.15) is 11.1 Å². The number of hydrogen-bond donors (Lipinski definition) is 2. The summed E-state index contributed by atoms with van der Waals surface area (Å²) >= 11 is 8.46. The van der Waals surface area contributed by atoms with Gasteiger partial charge in [0.2, 0.25) is 0 Å². The Morgan fingerprint density at radius 2 is 1.83 bits per heavy atom. The van der Waals surface area contributed by atoms with Crippen LogP contribution in [0.5, 0.6) is 0 Å². The number of nitrogens with one attached hydrogen (secondary N) is 1. The summed E-state index contributed by atoms with van der Waals surface area (Å²) in [6.07, 6.45) is 0. The molecule has 92 valence electrons. The van der Waals surface area contributed by atoms with Gasteiger partial charge in [-0.25, -0.2) is 0 Å². The first-order valence-electron chi connectivity index (χ1n) is 5.49. The minimum absolute atomic E-state index is 0.415. The third-order valence-corrected chi connectivity index (χ3v) is 3.46. The third kappa shape index (κ3) is 3.09. The summed E-state index contributed by atoms with van der Waals surface area (Å²) in [6, 6.07) is 13.9. The Bertz CT molecular complexity index is 579. The summed E-state index contributed by atoms with van der Waals surface area (Å²) in [4.78, 5) is 0.415. The lowest BCUT2D eigenvalue weighted by Crippen LogP contribution is -2.08. The normalized spacial score (nSPS) is 10.1. The topological polar surface area (TPSA) is 38.0 Å². The number of hydrogen-bond acceptors (Lipinski definition) is 2. The minimum atomic E-state index is 0.415. The quantitative estimate of drug-likeness (QED) is 0.835. The van der Waals surface area contributed by atoms with E-state index < -0.39 is 0 Å². The molecule has 3 N–H and O–H groups in total. The Balaban J connectivity index is 2.21. The van der Waals surface area contributed by atoms with Crippen LogP contribution >= 0.6 is 28.1 Å². The van der Waals surface area contributed by atoms with Crippen LogP contribution in [0.3, 0.4) is 0 Å². The van der Waals surface area contributed by atoms with Crippen molar-refractivity contribution in [1.82, 2.24) is 0 Å². The van der Waals surface area contributed by atoms with Crippen molar-refractivity contribution in [2.45, 2.75) is 6.92 Å². The monoisotopic (exact) mass is 320 g/mol. The Kier molecular flexibility index (Phi) is 3.99. The Hall–Kier alpha value is -1.39. The molecule has 0 aromatic heterocycles. The van der Waals surface area contributed by atoms with Crippen molar-refractivity contribution in [2.24, 2.45) is 5.73 Å². The van der Waals surface area contributed by atoms with Gasteiger partial charge in [0, 0.05) is 15.7 Å². The average Bonchev–Trinajstić information content (AvgIpc) is 2.33. The van der Waals surface area contributed by atoms with Gasteiger partial charge in [0.25, 0.3) is 0 Å². The van der Waals surface area contributed by atoms with Gasteiger partial charge in [0.05, 0.1) is 5.69 Å². The molecular formula is C14H13BrN2S. The van der Waals surface area contributed by atoms with E-state index in [0.29, 0.717) is 4.99 Å². The molecule has 18 heavy (non-hydrogen) atoms. The number of halogens is 1. The fraction of sp³-hybridized carbons (Fsp3) is 0.0714. The molecule has 0 heterocycles. The van der Waals surface area contributed by atoms with Crippen LogP contribution in [0.15, 0.2) is 46.9 Å². The largest absolute Gasteiger partial charge is 0.389 e. The molecule has 0 fully saturated rings. The minimum Gasteiger partial charge on any atom is -0.389 e. The summed E-state index contributed by atoms with van der Waals surface area (Å²) in [7, 11) is 0. The van der Waals surface area contributed by atoms with E-state index in [1.54, 1.807) is 0 Å². The summed E-state index contributed by atoms with van der Waals surface area (Å²) in [6.45, 7) is 2.06. The molecule has 0 saturated heterocycles. The molecule has 2 aromatic rings. The summed E-state index contributed by atoms with van der Waals surface area (Å²) in [5, 5.41) is 3.33. The lowest BCUT2D eigenvalue weighted by Gasteiger charge is -2.09.